The second kappa shape index (κ2) is 8.70. The van der Waals surface area contributed by atoms with Gasteiger partial charge in [-0.1, -0.05) is 63.2 Å². The molecule has 3 rings (SSSR count). The number of hydrogen-bond donors (Lipinski definition) is 2. The van der Waals surface area contributed by atoms with E-state index in [1.807, 2.05) is 36.4 Å². The van der Waals surface area contributed by atoms with Crippen LogP contribution in [0.3, 0.4) is 0 Å². The van der Waals surface area contributed by atoms with Crippen LogP contribution >= 0.6 is 0 Å². The highest BCUT2D eigenvalue weighted by molar-refractivity contribution is 5.94. The van der Waals surface area contributed by atoms with Gasteiger partial charge in [-0.05, 0) is 41.2 Å². The predicted molar refractivity (Wildman–Crippen MR) is 115 cm³/mol. The lowest BCUT2D eigenvalue weighted by Gasteiger charge is -2.19. The van der Waals surface area contributed by atoms with Gasteiger partial charge in [0.15, 0.2) is 0 Å². The van der Waals surface area contributed by atoms with Crippen molar-refractivity contribution in [1.82, 2.24) is 10.3 Å². The van der Waals surface area contributed by atoms with Gasteiger partial charge >= 0.3 is 0 Å². The zero-order valence-electron chi connectivity index (χ0n) is 16.7. The summed E-state index contributed by atoms with van der Waals surface area (Å²) in [5, 5.41) is 6.27. The van der Waals surface area contributed by atoms with Crippen molar-refractivity contribution >= 4 is 17.3 Å². The summed E-state index contributed by atoms with van der Waals surface area (Å²) >= 11 is 0. The molecule has 1 aromatic heterocycles. The first kappa shape index (κ1) is 19.6. The Labute approximate surface area is 167 Å². The Morgan fingerprint density at radius 3 is 2.32 bits per heavy atom. The third-order valence-corrected chi connectivity index (χ3v) is 4.58. The van der Waals surface area contributed by atoms with E-state index < -0.39 is 0 Å². The quantitative estimate of drug-likeness (QED) is 0.632. The summed E-state index contributed by atoms with van der Waals surface area (Å²) in [6, 6.07) is 20.3. The van der Waals surface area contributed by atoms with Crippen LogP contribution in [-0.2, 0) is 11.8 Å². The van der Waals surface area contributed by atoms with Crippen LogP contribution in [0.25, 0.3) is 0 Å². The number of anilines is 2. The molecule has 144 valence electrons. The Hall–Kier alpha value is -3.14. The summed E-state index contributed by atoms with van der Waals surface area (Å²) in [5.74, 6) is -0.116. The Bertz CT molecular complexity index is 913. The number of nitrogens with zero attached hydrogens (tertiary/aromatic N) is 1. The summed E-state index contributed by atoms with van der Waals surface area (Å²) in [4.78, 5) is 16.6. The molecule has 0 fully saturated rings. The normalized spacial score (nSPS) is 11.1. The topological polar surface area (TPSA) is 54.0 Å². The first-order valence-electron chi connectivity index (χ1n) is 9.56. The highest BCUT2D eigenvalue weighted by Crippen LogP contribution is 2.25. The average Bonchev–Trinajstić information content (AvgIpc) is 2.69. The summed E-state index contributed by atoms with van der Waals surface area (Å²) in [5.41, 5.74) is 4.91. The molecular weight excluding hydrogens is 346 g/mol. The van der Waals surface area contributed by atoms with Crippen LogP contribution in [0.4, 0.5) is 11.4 Å². The predicted octanol–water partition coefficient (Wildman–Crippen LogP) is 5.10. The van der Waals surface area contributed by atoms with Crippen molar-refractivity contribution in [2.24, 2.45) is 0 Å². The van der Waals surface area contributed by atoms with E-state index >= 15 is 0 Å². The van der Waals surface area contributed by atoms with Crippen LogP contribution in [0, 0.1) is 0 Å². The van der Waals surface area contributed by atoms with Crippen molar-refractivity contribution in [2.75, 3.05) is 11.9 Å². The minimum Gasteiger partial charge on any atom is -0.354 e. The second-order valence-electron chi connectivity index (χ2n) is 7.91. The molecule has 0 atom stereocenters. The van der Waals surface area contributed by atoms with E-state index in [0.717, 1.165) is 17.8 Å². The maximum atomic E-state index is 12.4. The zero-order valence-corrected chi connectivity index (χ0v) is 16.7. The van der Waals surface area contributed by atoms with Crippen molar-refractivity contribution < 1.29 is 4.79 Å². The second-order valence-corrected chi connectivity index (χ2v) is 7.91. The van der Waals surface area contributed by atoms with Gasteiger partial charge in [-0.3, -0.25) is 9.78 Å². The molecule has 3 aromatic rings. The molecule has 4 heteroatoms. The van der Waals surface area contributed by atoms with Crippen LogP contribution in [0.5, 0.6) is 0 Å². The number of rotatable bonds is 6. The van der Waals surface area contributed by atoms with Gasteiger partial charge in [0.25, 0.3) is 5.91 Å². The fourth-order valence-electron chi connectivity index (χ4n) is 2.92. The molecule has 28 heavy (non-hydrogen) atoms. The lowest BCUT2D eigenvalue weighted by molar-refractivity contribution is 0.0954. The highest BCUT2D eigenvalue weighted by Gasteiger charge is 2.13. The minimum absolute atomic E-state index is 0.116. The minimum atomic E-state index is -0.116. The van der Waals surface area contributed by atoms with Crippen LogP contribution in [0.2, 0.25) is 0 Å². The highest BCUT2D eigenvalue weighted by atomic mass is 16.1. The molecule has 2 N–H and O–H groups in total. The van der Waals surface area contributed by atoms with Gasteiger partial charge in [0.1, 0.15) is 0 Å². The summed E-state index contributed by atoms with van der Waals surface area (Å²) < 4.78 is 0. The first-order chi connectivity index (χ1) is 13.4. The zero-order chi connectivity index (χ0) is 20.0. The first-order valence-corrected chi connectivity index (χ1v) is 9.56. The average molecular weight is 374 g/mol. The van der Waals surface area contributed by atoms with Gasteiger partial charge < -0.3 is 10.6 Å². The largest absolute Gasteiger partial charge is 0.354 e. The van der Waals surface area contributed by atoms with Gasteiger partial charge in [0, 0.05) is 18.4 Å². The summed E-state index contributed by atoms with van der Waals surface area (Å²) in [6.07, 6.45) is 4.11. The molecule has 1 amide bonds. The van der Waals surface area contributed by atoms with Crippen molar-refractivity contribution in [3.8, 4) is 0 Å². The van der Waals surface area contributed by atoms with Gasteiger partial charge in [0.2, 0.25) is 0 Å². The number of carbonyl (C=O) groups is 1. The summed E-state index contributed by atoms with van der Waals surface area (Å²) in [7, 11) is 0. The molecular formula is C24H27N3O. The number of amides is 1. The molecule has 0 bridgehead atoms. The van der Waals surface area contributed by atoms with E-state index in [0.29, 0.717) is 12.1 Å². The molecule has 0 saturated heterocycles. The maximum absolute atomic E-state index is 12.4. The number of benzene rings is 2. The lowest BCUT2D eigenvalue weighted by Crippen LogP contribution is -2.25. The van der Waals surface area contributed by atoms with E-state index in [1.54, 1.807) is 12.4 Å². The van der Waals surface area contributed by atoms with Crippen molar-refractivity contribution in [2.45, 2.75) is 32.6 Å². The molecule has 2 aromatic carbocycles. The molecule has 0 aliphatic rings. The summed E-state index contributed by atoms with van der Waals surface area (Å²) in [6.45, 7) is 7.17. The molecule has 1 heterocycles. The number of aromatic nitrogens is 1. The van der Waals surface area contributed by atoms with Crippen LogP contribution in [0.15, 0.2) is 73.1 Å². The molecule has 4 nitrogen and oxygen atoms in total. The molecule has 0 radical (unpaired) electrons. The van der Waals surface area contributed by atoms with Crippen molar-refractivity contribution in [3.05, 3.63) is 89.7 Å². The Kier molecular flexibility index (Phi) is 6.09. The fourth-order valence-corrected chi connectivity index (χ4v) is 2.92. The van der Waals surface area contributed by atoms with E-state index in [1.165, 1.54) is 11.1 Å². The Morgan fingerprint density at radius 1 is 0.929 bits per heavy atom. The van der Waals surface area contributed by atoms with Crippen LogP contribution < -0.4 is 10.6 Å². The molecule has 0 aliphatic carbocycles. The molecule has 0 saturated carbocycles. The Morgan fingerprint density at radius 2 is 1.64 bits per heavy atom. The smallest absolute Gasteiger partial charge is 0.252 e. The lowest BCUT2D eigenvalue weighted by atomic mass is 9.87. The van der Waals surface area contributed by atoms with E-state index in [9.17, 15) is 4.79 Å². The number of carbonyl (C=O) groups excluding carboxylic acids is 1. The molecule has 0 spiro atoms. The monoisotopic (exact) mass is 373 g/mol. The fraction of sp³-hybridized carbons (Fsp3) is 0.250. The number of hydrogen-bond acceptors (Lipinski definition) is 3. The van der Waals surface area contributed by atoms with Gasteiger partial charge in [-0.15, -0.1) is 0 Å². The Balaban J connectivity index is 1.59. The van der Waals surface area contributed by atoms with Gasteiger partial charge in [-0.2, -0.15) is 0 Å². The van der Waals surface area contributed by atoms with Crippen molar-refractivity contribution in [1.29, 1.82) is 0 Å². The number of pyridine rings is 1. The van der Waals surface area contributed by atoms with Gasteiger partial charge in [0.05, 0.1) is 17.4 Å². The van der Waals surface area contributed by atoms with Crippen molar-refractivity contribution in [3.63, 3.8) is 0 Å². The van der Waals surface area contributed by atoms with Crippen LogP contribution in [-0.4, -0.2) is 17.4 Å². The number of nitrogens with one attached hydrogen (secondary N) is 2. The van der Waals surface area contributed by atoms with E-state index in [4.69, 9.17) is 0 Å². The van der Waals surface area contributed by atoms with E-state index in [-0.39, 0.29) is 11.3 Å². The van der Waals surface area contributed by atoms with E-state index in [2.05, 4.69) is 60.7 Å². The third kappa shape index (κ3) is 5.43. The van der Waals surface area contributed by atoms with Gasteiger partial charge in [-0.25, -0.2) is 0 Å². The third-order valence-electron chi connectivity index (χ3n) is 4.58. The van der Waals surface area contributed by atoms with Crippen LogP contribution in [0.1, 0.15) is 42.3 Å². The SMILES string of the molecule is CC(C)(C)c1ccc(Nc2cncc(C(=O)NCCc3ccccc3)c2)cc1. The molecule has 0 unspecified atom stereocenters. The standard InChI is InChI=1S/C24H27N3O/c1-24(2,3)20-9-11-21(12-10-20)27-22-15-19(16-25-17-22)23(28)26-14-13-18-7-5-4-6-8-18/h4-12,15-17,27H,13-14H2,1-3H3,(H,26,28). The molecule has 0 aliphatic heterocycles. The maximum Gasteiger partial charge on any atom is 0.252 e.